The summed E-state index contributed by atoms with van der Waals surface area (Å²) in [6.07, 6.45) is 4.97. The van der Waals surface area contributed by atoms with E-state index in [0.29, 0.717) is 35.4 Å². The third-order valence-corrected chi connectivity index (χ3v) is 4.64. The second-order valence-electron chi connectivity index (χ2n) is 6.63. The number of nitrogens with zero attached hydrogens (tertiary/aromatic N) is 5. The highest BCUT2D eigenvalue weighted by Crippen LogP contribution is 2.35. The maximum Gasteiger partial charge on any atom is 0.270 e. The molecule has 1 amide bonds. The Morgan fingerprint density at radius 2 is 2.14 bits per heavy atom. The van der Waals surface area contributed by atoms with Crippen molar-refractivity contribution < 1.29 is 14.1 Å². The van der Waals surface area contributed by atoms with E-state index in [1.165, 1.54) is 0 Å². The van der Waals surface area contributed by atoms with E-state index in [-0.39, 0.29) is 11.9 Å². The van der Waals surface area contributed by atoms with E-state index in [0.717, 1.165) is 16.8 Å². The summed E-state index contributed by atoms with van der Waals surface area (Å²) in [5, 5.41) is 6.94. The smallest absolute Gasteiger partial charge is 0.270 e. The van der Waals surface area contributed by atoms with Crippen molar-refractivity contribution in [2.24, 2.45) is 0 Å². The zero-order valence-corrected chi connectivity index (χ0v) is 15.2. The predicted octanol–water partition coefficient (Wildman–Crippen LogP) is 2.26. The average molecular weight is 376 g/mol. The molecule has 1 N–H and O–H groups in total. The summed E-state index contributed by atoms with van der Waals surface area (Å²) in [7, 11) is 0. The number of imidazole rings is 1. The minimum atomic E-state index is -0.253. The van der Waals surface area contributed by atoms with Crippen LogP contribution in [0.25, 0.3) is 17.0 Å². The Bertz CT molecular complexity index is 1210. The van der Waals surface area contributed by atoms with Gasteiger partial charge in [-0.25, -0.2) is 4.98 Å². The second kappa shape index (κ2) is 6.15. The lowest BCUT2D eigenvalue weighted by Gasteiger charge is -2.11. The summed E-state index contributed by atoms with van der Waals surface area (Å²) in [5.74, 6) is 1.48. The number of amides is 1. The molecule has 1 aliphatic rings. The highest BCUT2D eigenvalue weighted by Gasteiger charge is 2.27. The fraction of sp³-hybridized carbons (Fsp3) is 0.211. The van der Waals surface area contributed by atoms with Crippen molar-refractivity contribution >= 4 is 11.6 Å². The van der Waals surface area contributed by atoms with Crippen molar-refractivity contribution in [3.63, 3.8) is 0 Å². The van der Waals surface area contributed by atoms with Gasteiger partial charge in [0.1, 0.15) is 18.1 Å². The van der Waals surface area contributed by atoms with E-state index in [9.17, 15) is 4.79 Å². The van der Waals surface area contributed by atoms with Crippen LogP contribution in [0.3, 0.4) is 0 Å². The molecule has 4 heterocycles. The maximum absolute atomic E-state index is 12.8. The summed E-state index contributed by atoms with van der Waals surface area (Å²) in [6, 6.07) is 5.41. The molecule has 28 heavy (non-hydrogen) atoms. The monoisotopic (exact) mass is 376 g/mol. The van der Waals surface area contributed by atoms with Crippen LogP contribution in [-0.4, -0.2) is 37.0 Å². The Labute approximate surface area is 159 Å². The van der Waals surface area contributed by atoms with Crippen LogP contribution >= 0.6 is 0 Å². The van der Waals surface area contributed by atoms with Crippen molar-refractivity contribution in [1.29, 1.82) is 0 Å². The molecule has 0 unspecified atom stereocenters. The van der Waals surface area contributed by atoms with E-state index in [1.807, 2.05) is 25.1 Å². The van der Waals surface area contributed by atoms with Gasteiger partial charge >= 0.3 is 0 Å². The summed E-state index contributed by atoms with van der Waals surface area (Å²) < 4.78 is 12.5. The van der Waals surface area contributed by atoms with Crippen LogP contribution in [0.2, 0.25) is 0 Å². The zero-order valence-electron chi connectivity index (χ0n) is 15.2. The highest BCUT2D eigenvalue weighted by atomic mass is 16.5. The summed E-state index contributed by atoms with van der Waals surface area (Å²) in [4.78, 5) is 25.5. The van der Waals surface area contributed by atoms with Crippen molar-refractivity contribution in [2.45, 2.75) is 19.9 Å². The van der Waals surface area contributed by atoms with Gasteiger partial charge in [0, 0.05) is 24.2 Å². The molecule has 9 nitrogen and oxygen atoms in total. The first-order valence-electron chi connectivity index (χ1n) is 8.76. The third-order valence-electron chi connectivity index (χ3n) is 4.64. The first-order valence-corrected chi connectivity index (χ1v) is 8.76. The van der Waals surface area contributed by atoms with E-state index >= 15 is 0 Å². The molecule has 0 spiro atoms. The molecule has 1 aromatic carbocycles. The van der Waals surface area contributed by atoms with Crippen LogP contribution in [0.4, 0.5) is 0 Å². The predicted molar refractivity (Wildman–Crippen MR) is 97.9 cm³/mol. The summed E-state index contributed by atoms with van der Waals surface area (Å²) >= 11 is 0. The quantitative estimate of drug-likeness (QED) is 0.584. The molecule has 3 aromatic heterocycles. The van der Waals surface area contributed by atoms with E-state index in [1.54, 1.807) is 29.9 Å². The minimum absolute atomic E-state index is 0.225. The van der Waals surface area contributed by atoms with Crippen molar-refractivity contribution in [3.8, 4) is 17.1 Å². The topological polar surface area (TPSA) is 107 Å². The lowest BCUT2D eigenvalue weighted by atomic mass is 10.1. The number of fused-ring (bicyclic) bond motifs is 2. The molecule has 5 rings (SSSR count). The number of aromatic nitrogens is 5. The SMILES string of the molecule is Cc1cn2c(C(=O)N[C@@H]3COc4cc(-c5noc(C)n5)ccc43)cnc2cn1. The van der Waals surface area contributed by atoms with Crippen molar-refractivity contribution in [1.82, 2.24) is 29.8 Å². The Morgan fingerprint density at radius 3 is 2.96 bits per heavy atom. The lowest BCUT2D eigenvalue weighted by Crippen LogP contribution is -2.30. The van der Waals surface area contributed by atoms with Crippen LogP contribution in [0.15, 0.2) is 41.3 Å². The first kappa shape index (κ1) is 16.4. The highest BCUT2D eigenvalue weighted by molar-refractivity contribution is 5.93. The fourth-order valence-electron chi connectivity index (χ4n) is 3.27. The Balaban J connectivity index is 1.40. The Morgan fingerprint density at radius 1 is 1.25 bits per heavy atom. The van der Waals surface area contributed by atoms with Crippen LogP contribution in [0.1, 0.15) is 33.7 Å². The largest absolute Gasteiger partial charge is 0.491 e. The Hall–Kier alpha value is -3.75. The molecule has 0 fully saturated rings. The van der Waals surface area contributed by atoms with Gasteiger partial charge in [0.25, 0.3) is 5.91 Å². The van der Waals surface area contributed by atoms with Gasteiger partial charge in [-0.3, -0.25) is 14.2 Å². The standard InChI is InChI=1S/C19H16N6O3/c1-10-8-25-15(6-21-17(25)7-20-10)19(26)23-14-9-27-16-5-12(3-4-13(14)16)18-22-11(2)28-24-18/h3-8,14H,9H2,1-2H3,(H,23,26)/t14-/m1/s1. The van der Waals surface area contributed by atoms with E-state index < -0.39 is 0 Å². The number of hydrogen-bond acceptors (Lipinski definition) is 7. The third kappa shape index (κ3) is 2.68. The van der Waals surface area contributed by atoms with Gasteiger partial charge in [0.05, 0.1) is 24.1 Å². The maximum atomic E-state index is 12.8. The molecule has 1 atom stereocenters. The molecule has 0 saturated heterocycles. The van der Waals surface area contributed by atoms with Crippen LogP contribution < -0.4 is 10.1 Å². The molecule has 0 radical (unpaired) electrons. The summed E-state index contributed by atoms with van der Waals surface area (Å²) in [5.41, 5.74) is 3.58. The molecule has 0 saturated carbocycles. The molecule has 0 bridgehead atoms. The average Bonchev–Trinajstić information content (AvgIpc) is 3.39. The zero-order chi connectivity index (χ0) is 19.3. The number of carbonyl (C=O) groups excluding carboxylic acids is 1. The van der Waals surface area contributed by atoms with Gasteiger partial charge in [-0.15, -0.1) is 0 Å². The van der Waals surface area contributed by atoms with Gasteiger partial charge in [0.2, 0.25) is 11.7 Å². The number of ether oxygens (including phenoxy) is 1. The number of hydrogen-bond donors (Lipinski definition) is 1. The minimum Gasteiger partial charge on any atom is -0.491 e. The van der Waals surface area contributed by atoms with Crippen molar-refractivity contribution in [3.05, 3.63) is 59.6 Å². The normalized spacial score (nSPS) is 15.4. The van der Waals surface area contributed by atoms with Gasteiger partial charge < -0.3 is 14.6 Å². The van der Waals surface area contributed by atoms with Crippen molar-refractivity contribution in [2.75, 3.05) is 6.61 Å². The van der Waals surface area contributed by atoms with Crippen LogP contribution in [0.5, 0.6) is 5.75 Å². The number of rotatable bonds is 3. The van der Waals surface area contributed by atoms with Gasteiger partial charge in [-0.1, -0.05) is 17.3 Å². The fourth-order valence-corrected chi connectivity index (χ4v) is 3.27. The van der Waals surface area contributed by atoms with E-state index in [4.69, 9.17) is 9.26 Å². The number of carbonyl (C=O) groups is 1. The first-order chi connectivity index (χ1) is 13.6. The van der Waals surface area contributed by atoms with Gasteiger partial charge in [0.15, 0.2) is 5.65 Å². The molecule has 140 valence electrons. The molecule has 1 aliphatic heterocycles. The molecule has 4 aromatic rings. The second-order valence-corrected chi connectivity index (χ2v) is 6.63. The van der Waals surface area contributed by atoms with Gasteiger partial charge in [-0.05, 0) is 13.0 Å². The molecular formula is C19H16N6O3. The van der Waals surface area contributed by atoms with E-state index in [2.05, 4.69) is 25.4 Å². The van der Waals surface area contributed by atoms with Crippen LogP contribution in [-0.2, 0) is 0 Å². The molecule has 0 aliphatic carbocycles. The number of nitrogens with one attached hydrogen (secondary N) is 1. The molecule has 9 heteroatoms. The lowest BCUT2D eigenvalue weighted by molar-refractivity contribution is 0.0924. The summed E-state index contributed by atoms with van der Waals surface area (Å²) in [6.45, 7) is 3.96. The molecular weight excluding hydrogens is 360 g/mol. The Kier molecular flexibility index (Phi) is 3.61. The van der Waals surface area contributed by atoms with Gasteiger partial charge in [-0.2, -0.15) is 4.98 Å². The number of aryl methyl sites for hydroxylation is 2. The number of benzene rings is 1. The van der Waals surface area contributed by atoms with Crippen LogP contribution in [0, 0.1) is 13.8 Å².